The fraction of sp³-hybridized carbons (Fsp3) is 0.231. The first-order chi connectivity index (χ1) is 15.2. The zero-order valence-corrected chi connectivity index (χ0v) is 17.8. The third kappa shape index (κ3) is 3.26. The number of rotatable bonds is 5. The minimum atomic E-state index is -0.148. The van der Waals surface area contributed by atoms with Crippen molar-refractivity contribution in [2.24, 2.45) is 0 Å². The molecule has 1 atom stereocenters. The molecule has 5 nitrogen and oxygen atoms in total. The number of nitrogens with one attached hydrogen (secondary N) is 1. The van der Waals surface area contributed by atoms with Crippen molar-refractivity contribution < 1.29 is 9.47 Å². The lowest BCUT2D eigenvalue weighted by molar-refractivity contribution is 0.414. The minimum absolute atomic E-state index is 0.148. The van der Waals surface area contributed by atoms with Crippen LogP contribution in [0.3, 0.4) is 0 Å². The van der Waals surface area contributed by atoms with Crippen molar-refractivity contribution in [3.05, 3.63) is 89.2 Å². The molecule has 0 saturated carbocycles. The summed E-state index contributed by atoms with van der Waals surface area (Å²) < 4.78 is 13.6. The molecule has 1 N–H and O–H groups in total. The number of ether oxygens (including phenoxy) is 2. The number of unbranched alkanes of at least 4 members (excludes halogenated alkanes) is 1. The second-order valence-corrected chi connectivity index (χ2v) is 7.87. The van der Waals surface area contributed by atoms with Crippen molar-refractivity contribution in [3.8, 4) is 17.4 Å². The molecule has 4 aromatic rings. The Bertz CT molecular complexity index is 1310. The average molecular weight is 412 g/mol. The predicted octanol–water partition coefficient (Wildman–Crippen LogP) is 5.61. The van der Waals surface area contributed by atoms with E-state index in [0.29, 0.717) is 11.4 Å². The molecular formula is C26H25N3O2. The summed E-state index contributed by atoms with van der Waals surface area (Å²) >= 11 is 0. The molecule has 5 heteroatoms. The molecule has 5 rings (SSSR count). The van der Waals surface area contributed by atoms with Gasteiger partial charge in [0, 0.05) is 18.0 Å². The third-order valence-corrected chi connectivity index (χ3v) is 6.00. The Labute approximate surface area is 181 Å². The van der Waals surface area contributed by atoms with Crippen molar-refractivity contribution in [1.82, 2.24) is 9.55 Å². The van der Waals surface area contributed by atoms with Crippen LogP contribution >= 0.6 is 0 Å². The summed E-state index contributed by atoms with van der Waals surface area (Å²) in [6.07, 6.45) is 3.80. The first kappa shape index (κ1) is 19.4. The molecular weight excluding hydrogens is 386 g/mol. The lowest BCUT2D eigenvalue weighted by Gasteiger charge is -2.29. The predicted molar refractivity (Wildman–Crippen MR) is 121 cm³/mol. The van der Waals surface area contributed by atoms with Gasteiger partial charge >= 0.3 is 0 Å². The number of aromatic nitrogens is 2. The molecule has 1 aromatic heterocycles. The molecule has 156 valence electrons. The summed E-state index contributed by atoms with van der Waals surface area (Å²) in [6, 6.07) is 20.5. The fourth-order valence-electron chi connectivity index (χ4n) is 4.39. The Morgan fingerprint density at radius 3 is 2.61 bits per heavy atom. The van der Waals surface area contributed by atoms with Crippen LogP contribution in [0.4, 0.5) is 0 Å². The third-order valence-electron chi connectivity index (χ3n) is 6.00. The van der Waals surface area contributed by atoms with E-state index in [-0.39, 0.29) is 5.92 Å². The Morgan fingerprint density at radius 1 is 1.03 bits per heavy atom. The smallest absolute Gasteiger partial charge is 0.228 e. The van der Waals surface area contributed by atoms with Crippen LogP contribution in [0.15, 0.2) is 67.0 Å². The molecule has 0 bridgehead atoms. The highest BCUT2D eigenvalue weighted by molar-refractivity contribution is 5.90. The summed E-state index contributed by atoms with van der Waals surface area (Å²) in [5.74, 6) is 1.97. The van der Waals surface area contributed by atoms with E-state index in [2.05, 4.69) is 48.3 Å². The number of fused-ring (bicyclic) bond motifs is 4. The second-order valence-electron chi connectivity index (χ2n) is 7.87. The zero-order valence-electron chi connectivity index (χ0n) is 17.8. The fourth-order valence-corrected chi connectivity index (χ4v) is 4.39. The van der Waals surface area contributed by atoms with Crippen LogP contribution in [0.2, 0.25) is 0 Å². The summed E-state index contributed by atoms with van der Waals surface area (Å²) in [4.78, 5) is 4.62. The quantitative estimate of drug-likeness (QED) is 0.409. The molecule has 0 spiro atoms. The van der Waals surface area contributed by atoms with Crippen LogP contribution in [0.5, 0.6) is 17.4 Å². The Hall–Kier alpha value is -3.60. The van der Waals surface area contributed by atoms with Gasteiger partial charge in [-0.25, -0.2) is 4.98 Å². The molecule has 0 fully saturated rings. The molecule has 0 amide bonds. The molecule has 0 unspecified atom stereocenters. The van der Waals surface area contributed by atoms with Crippen LogP contribution < -0.4 is 15.0 Å². The van der Waals surface area contributed by atoms with Crippen LogP contribution in [0.1, 0.15) is 42.4 Å². The van der Waals surface area contributed by atoms with Gasteiger partial charge in [0.1, 0.15) is 23.3 Å². The molecule has 0 radical (unpaired) electrons. The van der Waals surface area contributed by atoms with Crippen molar-refractivity contribution >= 4 is 10.8 Å². The molecule has 1 aliphatic rings. The largest absolute Gasteiger partial charge is 0.497 e. The van der Waals surface area contributed by atoms with Gasteiger partial charge in [-0.3, -0.25) is 5.41 Å². The van der Waals surface area contributed by atoms with E-state index in [1.165, 1.54) is 0 Å². The van der Waals surface area contributed by atoms with Gasteiger partial charge in [0.05, 0.1) is 12.7 Å². The Kier molecular flexibility index (Phi) is 4.94. The zero-order chi connectivity index (χ0) is 21.4. The number of hydrogen-bond donors (Lipinski definition) is 1. The maximum Gasteiger partial charge on any atom is 0.228 e. The van der Waals surface area contributed by atoms with Gasteiger partial charge in [0.2, 0.25) is 5.88 Å². The summed E-state index contributed by atoms with van der Waals surface area (Å²) in [5.41, 5.74) is 3.44. The highest BCUT2D eigenvalue weighted by Crippen LogP contribution is 2.48. The summed E-state index contributed by atoms with van der Waals surface area (Å²) in [7, 11) is 1.67. The standard InChI is InChI=1S/C26H25N3O2/c1-3-4-15-29-16-28-26-24(25(29)27)22(18-9-12-19(30-2)13-10-18)23-20-8-6-5-7-17(20)11-14-21(23)31-26/h5-14,16,22,27H,3-4,15H2,1-2H3/t22-/m1/s1. The van der Waals surface area contributed by atoms with E-state index in [1.54, 1.807) is 13.4 Å². The molecule has 0 aliphatic carbocycles. The topological polar surface area (TPSA) is 60.1 Å². The maximum atomic E-state index is 9.03. The van der Waals surface area contributed by atoms with E-state index in [4.69, 9.17) is 14.9 Å². The second kappa shape index (κ2) is 7.91. The van der Waals surface area contributed by atoms with E-state index in [9.17, 15) is 0 Å². The van der Waals surface area contributed by atoms with Crippen LogP contribution in [0, 0.1) is 5.41 Å². The van der Waals surface area contributed by atoms with Crippen LogP contribution in [-0.4, -0.2) is 16.7 Å². The minimum Gasteiger partial charge on any atom is -0.497 e. The normalized spacial score (nSPS) is 14.6. The highest BCUT2D eigenvalue weighted by Gasteiger charge is 2.33. The Balaban J connectivity index is 1.79. The van der Waals surface area contributed by atoms with Crippen molar-refractivity contribution in [2.75, 3.05) is 7.11 Å². The SMILES string of the molecule is CCCCn1cnc2c(c1=N)[C@H](c1ccc(OC)cc1)c1c(ccc3ccccc13)O2. The van der Waals surface area contributed by atoms with Crippen molar-refractivity contribution in [3.63, 3.8) is 0 Å². The molecule has 0 saturated heterocycles. The summed E-state index contributed by atoms with van der Waals surface area (Å²) in [6.45, 7) is 2.93. The van der Waals surface area contributed by atoms with Gasteiger partial charge in [-0.15, -0.1) is 0 Å². The molecule has 3 aromatic carbocycles. The number of nitrogens with zero attached hydrogens (tertiary/aromatic N) is 2. The highest BCUT2D eigenvalue weighted by atomic mass is 16.5. The Morgan fingerprint density at radius 2 is 1.84 bits per heavy atom. The summed E-state index contributed by atoms with van der Waals surface area (Å²) in [5, 5.41) is 11.3. The van der Waals surface area contributed by atoms with Crippen molar-refractivity contribution in [2.45, 2.75) is 32.2 Å². The lowest BCUT2D eigenvalue weighted by Crippen LogP contribution is -2.30. The number of methoxy groups -OCH3 is 1. The average Bonchev–Trinajstić information content (AvgIpc) is 2.82. The van der Waals surface area contributed by atoms with Crippen molar-refractivity contribution in [1.29, 1.82) is 5.41 Å². The van der Waals surface area contributed by atoms with E-state index >= 15 is 0 Å². The van der Waals surface area contributed by atoms with Gasteiger partial charge in [0.15, 0.2) is 0 Å². The number of hydrogen-bond acceptors (Lipinski definition) is 4. The van der Waals surface area contributed by atoms with Gasteiger partial charge in [-0.1, -0.05) is 55.8 Å². The molecule has 2 heterocycles. The number of benzene rings is 3. The van der Waals surface area contributed by atoms with Crippen LogP contribution in [-0.2, 0) is 6.54 Å². The first-order valence-electron chi connectivity index (χ1n) is 10.7. The van der Waals surface area contributed by atoms with E-state index in [1.807, 2.05) is 28.8 Å². The van der Waals surface area contributed by atoms with E-state index < -0.39 is 0 Å². The van der Waals surface area contributed by atoms with E-state index in [0.717, 1.165) is 58.3 Å². The van der Waals surface area contributed by atoms with Gasteiger partial charge in [-0.05, 0) is 41.0 Å². The number of aryl methyl sites for hydroxylation is 1. The van der Waals surface area contributed by atoms with Gasteiger partial charge < -0.3 is 14.0 Å². The van der Waals surface area contributed by atoms with Gasteiger partial charge in [0.25, 0.3) is 0 Å². The van der Waals surface area contributed by atoms with Crippen LogP contribution in [0.25, 0.3) is 10.8 Å². The molecule has 1 aliphatic heterocycles. The van der Waals surface area contributed by atoms with Gasteiger partial charge in [-0.2, -0.15) is 0 Å². The lowest BCUT2D eigenvalue weighted by atomic mass is 9.81. The first-order valence-corrected chi connectivity index (χ1v) is 10.7. The molecule has 31 heavy (non-hydrogen) atoms. The monoisotopic (exact) mass is 411 g/mol. The maximum absolute atomic E-state index is 9.03.